The van der Waals surface area contributed by atoms with Crippen molar-refractivity contribution < 1.29 is 23.7 Å². The molecule has 5 nitrogen and oxygen atoms in total. The Kier molecular flexibility index (Phi) is 11.0. The Morgan fingerprint density at radius 1 is 1.12 bits per heavy atom. The molecule has 0 aromatic rings. The number of rotatable bonds is 11. The SMILES string of the molecule is C=C(COCCCOCCOC)C(=O)OCC. The van der Waals surface area contributed by atoms with Crippen LogP contribution >= 0.6 is 0 Å². The molecule has 0 aliphatic carbocycles. The maximum Gasteiger partial charge on any atom is 0.335 e. The van der Waals surface area contributed by atoms with Crippen molar-refractivity contribution in [3.63, 3.8) is 0 Å². The van der Waals surface area contributed by atoms with E-state index in [2.05, 4.69) is 6.58 Å². The molecule has 0 atom stereocenters. The summed E-state index contributed by atoms with van der Waals surface area (Å²) in [5.41, 5.74) is 0.340. The van der Waals surface area contributed by atoms with Gasteiger partial charge >= 0.3 is 5.97 Å². The van der Waals surface area contributed by atoms with Gasteiger partial charge in [-0.15, -0.1) is 0 Å². The van der Waals surface area contributed by atoms with Gasteiger partial charge in [-0.25, -0.2) is 4.79 Å². The van der Waals surface area contributed by atoms with Gasteiger partial charge in [0.15, 0.2) is 0 Å². The average molecular weight is 246 g/mol. The van der Waals surface area contributed by atoms with Crippen molar-refractivity contribution in [1.29, 1.82) is 0 Å². The van der Waals surface area contributed by atoms with E-state index in [9.17, 15) is 4.79 Å². The third-order valence-corrected chi connectivity index (χ3v) is 1.85. The molecule has 0 fully saturated rings. The molecule has 0 aliphatic rings. The first kappa shape index (κ1) is 16.1. The molecule has 0 aromatic carbocycles. The predicted octanol–water partition coefficient (Wildman–Crippen LogP) is 1.18. The zero-order valence-electron chi connectivity index (χ0n) is 10.7. The maximum absolute atomic E-state index is 11.1. The van der Waals surface area contributed by atoms with Gasteiger partial charge in [-0.2, -0.15) is 0 Å². The maximum atomic E-state index is 11.1. The normalized spacial score (nSPS) is 10.2. The summed E-state index contributed by atoms with van der Waals surface area (Å²) < 4.78 is 20.1. The Bertz CT molecular complexity index is 215. The molecule has 0 amide bonds. The zero-order chi connectivity index (χ0) is 12.9. The van der Waals surface area contributed by atoms with Crippen LogP contribution in [0, 0.1) is 0 Å². The quantitative estimate of drug-likeness (QED) is 0.311. The highest BCUT2D eigenvalue weighted by Crippen LogP contribution is 1.96. The number of esters is 1. The van der Waals surface area contributed by atoms with Gasteiger partial charge in [0.1, 0.15) is 0 Å². The van der Waals surface area contributed by atoms with Crippen LogP contribution in [0.15, 0.2) is 12.2 Å². The topological polar surface area (TPSA) is 54.0 Å². The Morgan fingerprint density at radius 2 is 1.82 bits per heavy atom. The summed E-state index contributed by atoms with van der Waals surface area (Å²) in [6, 6.07) is 0. The van der Waals surface area contributed by atoms with Gasteiger partial charge in [0, 0.05) is 20.3 Å². The number of hydrogen-bond acceptors (Lipinski definition) is 5. The number of carbonyl (C=O) groups is 1. The molecule has 5 heteroatoms. The standard InChI is InChI=1S/C12H22O5/c1-4-17-12(13)11(2)10-16-7-5-6-15-9-8-14-3/h2,4-10H2,1,3H3. The van der Waals surface area contributed by atoms with Gasteiger partial charge in [0.2, 0.25) is 0 Å². The number of ether oxygens (including phenoxy) is 4. The minimum absolute atomic E-state index is 0.205. The molecular weight excluding hydrogens is 224 g/mol. The van der Waals surface area contributed by atoms with Crippen LogP contribution in [0.1, 0.15) is 13.3 Å². The van der Waals surface area contributed by atoms with Crippen LogP contribution in [0.4, 0.5) is 0 Å². The van der Waals surface area contributed by atoms with E-state index >= 15 is 0 Å². The summed E-state index contributed by atoms with van der Waals surface area (Å²) in [5.74, 6) is -0.399. The van der Waals surface area contributed by atoms with Crippen molar-refractivity contribution in [2.45, 2.75) is 13.3 Å². The summed E-state index contributed by atoms with van der Waals surface area (Å²) in [6.07, 6.45) is 0.778. The first-order chi connectivity index (χ1) is 8.22. The molecule has 0 saturated heterocycles. The molecule has 100 valence electrons. The first-order valence-corrected chi connectivity index (χ1v) is 5.71. The second kappa shape index (κ2) is 11.6. The minimum Gasteiger partial charge on any atom is -0.463 e. The molecular formula is C12H22O5. The molecule has 0 saturated carbocycles. The average Bonchev–Trinajstić information content (AvgIpc) is 2.32. The fraction of sp³-hybridized carbons (Fsp3) is 0.750. The highest BCUT2D eigenvalue weighted by molar-refractivity contribution is 5.87. The Labute approximate surface area is 103 Å². The second-order valence-corrected chi connectivity index (χ2v) is 3.34. The van der Waals surface area contributed by atoms with E-state index in [-0.39, 0.29) is 6.61 Å². The summed E-state index contributed by atoms with van der Waals surface area (Å²) in [7, 11) is 1.63. The molecule has 0 bridgehead atoms. The van der Waals surface area contributed by atoms with Gasteiger partial charge in [-0.1, -0.05) is 6.58 Å². The van der Waals surface area contributed by atoms with Crippen LogP contribution in [0.25, 0.3) is 0 Å². The summed E-state index contributed by atoms with van der Waals surface area (Å²) >= 11 is 0. The van der Waals surface area contributed by atoms with E-state index in [1.54, 1.807) is 14.0 Å². The van der Waals surface area contributed by atoms with Crippen molar-refractivity contribution in [2.75, 3.05) is 46.8 Å². The van der Waals surface area contributed by atoms with Crippen LogP contribution in [0.5, 0.6) is 0 Å². The smallest absolute Gasteiger partial charge is 0.335 e. The summed E-state index contributed by atoms with van der Waals surface area (Å²) in [5, 5.41) is 0. The summed E-state index contributed by atoms with van der Waals surface area (Å²) in [4.78, 5) is 11.1. The number of hydrogen-bond donors (Lipinski definition) is 0. The first-order valence-electron chi connectivity index (χ1n) is 5.71. The molecule has 0 N–H and O–H groups in total. The van der Waals surface area contributed by atoms with Gasteiger partial charge in [-0.3, -0.25) is 0 Å². The van der Waals surface area contributed by atoms with E-state index in [0.29, 0.717) is 38.6 Å². The van der Waals surface area contributed by atoms with Gasteiger partial charge in [0.05, 0.1) is 32.0 Å². The third kappa shape index (κ3) is 9.99. The minimum atomic E-state index is -0.399. The second-order valence-electron chi connectivity index (χ2n) is 3.34. The largest absolute Gasteiger partial charge is 0.463 e. The highest BCUT2D eigenvalue weighted by atomic mass is 16.5. The molecule has 0 spiro atoms. The number of carbonyl (C=O) groups excluding carboxylic acids is 1. The van der Waals surface area contributed by atoms with Crippen molar-refractivity contribution in [2.24, 2.45) is 0 Å². The molecule has 0 heterocycles. The molecule has 0 aromatic heterocycles. The molecule has 0 unspecified atom stereocenters. The van der Waals surface area contributed by atoms with E-state index in [4.69, 9.17) is 18.9 Å². The molecule has 0 radical (unpaired) electrons. The van der Waals surface area contributed by atoms with Crippen molar-refractivity contribution in [3.05, 3.63) is 12.2 Å². The van der Waals surface area contributed by atoms with Crippen molar-refractivity contribution in [3.8, 4) is 0 Å². The number of methoxy groups -OCH3 is 1. The molecule has 0 aliphatic heterocycles. The monoisotopic (exact) mass is 246 g/mol. The van der Waals surface area contributed by atoms with E-state index in [1.165, 1.54) is 0 Å². The van der Waals surface area contributed by atoms with Crippen molar-refractivity contribution in [1.82, 2.24) is 0 Å². The van der Waals surface area contributed by atoms with Crippen LogP contribution < -0.4 is 0 Å². The lowest BCUT2D eigenvalue weighted by Gasteiger charge is -2.07. The lowest BCUT2D eigenvalue weighted by Crippen LogP contribution is -2.12. The van der Waals surface area contributed by atoms with Crippen LogP contribution in [-0.4, -0.2) is 52.7 Å². The van der Waals surface area contributed by atoms with Gasteiger partial charge in [-0.05, 0) is 13.3 Å². The Hall–Kier alpha value is -0.910. The van der Waals surface area contributed by atoms with Crippen LogP contribution in [0.3, 0.4) is 0 Å². The molecule has 17 heavy (non-hydrogen) atoms. The fourth-order valence-electron chi connectivity index (χ4n) is 0.995. The van der Waals surface area contributed by atoms with Crippen molar-refractivity contribution >= 4 is 5.97 Å². The van der Waals surface area contributed by atoms with Gasteiger partial charge in [0.25, 0.3) is 0 Å². The lowest BCUT2D eigenvalue weighted by molar-refractivity contribution is -0.139. The van der Waals surface area contributed by atoms with Crippen LogP contribution in [-0.2, 0) is 23.7 Å². The van der Waals surface area contributed by atoms with E-state index < -0.39 is 5.97 Å². The highest BCUT2D eigenvalue weighted by Gasteiger charge is 2.06. The Morgan fingerprint density at radius 3 is 2.47 bits per heavy atom. The molecule has 0 rings (SSSR count). The van der Waals surface area contributed by atoms with Gasteiger partial charge < -0.3 is 18.9 Å². The third-order valence-electron chi connectivity index (χ3n) is 1.85. The van der Waals surface area contributed by atoms with E-state index in [0.717, 1.165) is 6.42 Å². The summed E-state index contributed by atoms with van der Waals surface area (Å²) in [6.45, 7) is 8.24. The lowest BCUT2D eigenvalue weighted by atomic mass is 10.3. The zero-order valence-corrected chi connectivity index (χ0v) is 10.7. The Balaban J connectivity index is 3.27. The van der Waals surface area contributed by atoms with E-state index in [1.807, 2.05) is 0 Å². The fourth-order valence-corrected chi connectivity index (χ4v) is 0.995. The predicted molar refractivity (Wildman–Crippen MR) is 63.9 cm³/mol. The van der Waals surface area contributed by atoms with Crippen LogP contribution in [0.2, 0.25) is 0 Å².